The van der Waals surface area contributed by atoms with Gasteiger partial charge in [-0.25, -0.2) is 9.59 Å². The molecule has 0 heterocycles. The second-order valence-corrected chi connectivity index (χ2v) is 15.7. The lowest BCUT2D eigenvalue weighted by atomic mass is 9.93. The number of carboxylic acid groups (broad SMARTS) is 1. The van der Waals surface area contributed by atoms with Crippen molar-refractivity contribution >= 4 is 58.7 Å². The smallest absolute Gasteiger partial charge is 0.416 e. The van der Waals surface area contributed by atoms with Crippen LogP contribution in [0.5, 0.6) is 11.5 Å². The second kappa shape index (κ2) is 20.6. The number of rotatable bonds is 19. The van der Waals surface area contributed by atoms with Crippen molar-refractivity contribution in [3.8, 4) is 22.6 Å². The van der Waals surface area contributed by atoms with Gasteiger partial charge in [0, 0.05) is 9.79 Å². The van der Waals surface area contributed by atoms with E-state index in [0.29, 0.717) is 35.7 Å². The van der Waals surface area contributed by atoms with Crippen LogP contribution in [0, 0.1) is 0 Å². The molecule has 0 bridgehead atoms. The van der Waals surface area contributed by atoms with Gasteiger partial charge in [-0.15, -0.1) is 23.5 Å². The van der Waals surface area contributed by atoms with Gasteiger partial charge in [0.25, 0.3) is 0 Å². The highest BCUT2D eigenvalue weighted by atomic mass is 35.5. The highest BCUT2D eigenvalue weighted by Crippen LogP contribution is 2.40. The Kier molecular flexibility index (Phi) is 16.6. The van der Waals surface area contributed by atoms with E-state index < -0.39 is 42.0 Å². The van der Waals surface area contributed by atoms with Gasteiger partial charge in [-0.3, -0.25) is 0 Å². The molecular formula is C40H38Cl2F6O6S2. The summed E-state index contributed by atoms with van der Waals surface area (Å²) in [6, 6.07) is 16.9. The normalized spacial score (nSPS) is 12.3. The van der Waals surface area contributed by atoms with E-state index in [-0.39, 0.29) is 69.4 Å². The van der Waals surface area contributed by atoms with Crippen molar-refractivity contribution in [2.24, 2.45) is 0 Å². The first-order valence-electron chi connectivity index (χ1n) is 17.4. The van der Waals surface area contributed by atoms with Crippen molar-refractivity contribution in [1.82, 2.24) is 0 Å². The molecule has 0 aliphatic rings. The number of halogens is 8. The lowest BCUT2D eigenvalue weighted by Gasteiger charge is -2.17. The second-order valence-electron chi connectivity index (χ2n) is 12.5. The summed E-state index contributed by atoms with van der Waals surface area (Å²) in [5, 5.41) is 9.22. The standard InChI is InChI=1S/C40H38Cl2F6O6S2/c1-3-24(2)54-38(51)23-53-36-15-13-30(21-34(36)42)56-17-5-7-26-9-11-28(19-32(26)40(46,47)48)27-10-8-25(31(18-27)39(43,44)45)6-4-16-55-29-12-14-35(33(41)20-29)52-22-37(49)50/h8-15,18-21,24H,3-7,16-17,22-23H2,1-2H3,(H,49,50). The maximum Gasteiger partial charge on any atom is 0.416 e. The van der Waals surface area contributed by atoms with Gasteiger partial charge in [0.1, 0.15) is 11.5 Å². The molecule has 1 N–H and O–H groups in total. The fourth-order valence-electron chi connectivity index (χ4n) is 5.38. The van der Waals surface area contributed by atoms with Gasteiger partial charge in [-0.1, -0.05) is 54.4 Å². The molecule has 16 heteroatoms. The molecule has 1 atom stereocenters. The molecule has 6 nitrogen and oxygen atoms in total. The Hall–Kier alpha value is -3.72. The monoisotopic (exact) mass is 862 g/mol. The summed E-state index contributed by atoms with van der Waals surface area (Å²) >= 11 is 15.2. The number of hydrogen-bond acceptors (Lipinski definition) is 7. The molecule has 0 spiro atoms. The summed E-state index contributed by atoms with van der Waals surface area (Å²) in [6.07, 6.45) is -8.16. The van der Waals surface area contributed by atoms with Crippen LogP contribution in [0.15, 0.2) is 82.6 Å². The van der Waals surface area contributed by atoms with Crippen molar-refractivity contribution in [1.29, 1.82) is 0 Å². The molecule has 4 aromatic rings. The number of carbonyl (C=O) groups is 2. The Morgan fingerprint density at radius 1 is 0.696 bits per heavy atom. The third-order valence-electron chi connectivity index (χ3n) is 8.29. The first kappa shape index (κ1) is 45.0. The van der Waals surface area contributed by atoms with Crippen LogP contribution in [0.2, 0.25) is 10.0 Å². The lowest BCUT2D eigenvalue weighted by molar-refractivity contribution is -0.150. The average Bonchev–Trinajstić information content (AvgIpc) is 3.13. The van der Waals surface area contributed by atoms with Crippen LogP contribution in [-0.4, -0.2) is 47.9 Å². The molecule has 4 aromatic carbocycles. The Bertz CT molecular complexity index is 1970. The molecule has 1 unspecified atom stereocenters. The summed E-state index contributed by atoms with van der Waals surface area (Å²) in [4.78, 5) is 24.1. The fraction of sp³-hybridized carbons (Fsp3) is 0.350. The first-order chi connectivity index (χ1) is 26.4. The van der Waals surface area contributed by atoms with Crippen LogP contribution in [0.1, 0.15) is 55.4 Å². The van der Waals surface area contributed by atoms with Crippen molar-refractivity contribution in [3.63, 3.8) is 0 Å². The van der Waals surface area contributed by atoms with Crippen molar-refractivity contribution in [2.45, 2.75) is 74.2 Å². The fourth-order valence-corrected chi connectivity index (χ4v) is 7.76. The van der Waals surface area contributed by atoms with E-state index in [0.717, 1.165) is 17.0 Å². The molecule has 0 fully saturated rings. The van der Waals surface area contributed by atoms with Crippen molar-refractivity contribution in [3.05, 3.63) is 105 Å². The van der Waals surface area contributed by atoms with E-state index in [2.05, 4.69) is 0 Å². The number of carboxylic acids is 1. The Morgan fingerprint density at radius 2 is 1.14 bits per heavy atom. The number of hydrogen-bond donors (Lipinski definition) is 1. The average molecular weight is 864 g/mol. The summed E-state index contributed by atoms with van der Waals surface area (Å²) in [7, 11) is 0. The molecule has 0 saturated carbocycles. The Labute approximate surface area is 339 Å². The topological polar surface area (TPSA) is 82.1 Å². The predicted octanol–water partition coefficient (Wildman–Crippen LogP) is 12.3. The van der Waals surface area contributed by atoms with Gasteiger partial charge in [-0.05, 0) is 121 Å². The molecule has 0 radical (unpaired) electrons. The van der Waals surface area contributed by atoms with Gasteiger partial charge in [-0.2, -0.15) is 26.3 Å². The molecule has 0 aromatic heterocycles. The van der Waals surface area contributed by atoms with E-state index in [1.54, 1.807) is 37.3 Å². The van der Waals surface area contributed by atoms with E-state index in [9.17, 15) is 35.9 Å². The highest BCUT2D eigenvalue weighted by molar-refractivity contribution is 7.99. The molecule has 0 aliphatic heterocycles. The predicted molar refractivity (Wildman–Crippen MR) is 207 cm³/mol. The Balaban J connectivity index is 1.36. The molecule has 56 heavy (non-hydrogen) atoms. The number of thioether (sulfide) groups is 2. The molecule has 0 aliphatic carbocycles. The maximum atomic E-state index is 14.2. The van der Waals surface area contributed by atoms with Crippen LogP contribution >= 0.6 is 46.7 Å². The largest absolute Gasteiger partial charge is 0.480 e. The van der Waals surface area contributed by atoms with E-state index >= 15 is 0 Å². The lowest BCUT2D eigenvalue weighted by Crippen LogP contribution is -2.20. The van der Waals surface area contributed by atoms with Gasteiger partial charge >= 0.3 is 24.3 Å². The van der Waals surface area contributed by atoms with Gasteiger partial charge < -0.3 is 19.3 Å². The highest BCUT2D eigenvalue weighted by Gasteiger charge is 2.35. The minimum absolute atomic E-state index is 0.0135. The quantitative estimate of drug-likeness (QED) is 0.0432. The molecule has 302 valence electrons. The number of esters is 1. The van der Waals surface area contributed by atoms with Crippen LogP contribution in [-0.2, 0) is 39.5 Å². The van der Waals surface area contributed by atoms with Crippen molar-refractivity contribution < 1.29 is 55.2 Å². The third kappa shape index (κ3) is 13.7. The number of aliphatic carboxylic acids is 1. The first-order valence-corrected chi connectivity index (χ1v) is 20.1. The number of ether oxygens (including phenoxy) is 3. The molecule has 4 rings (SSSR count). The Morgan fingerprint density at radius 3 is 1.54 bits per heavy atom. The third-order valence-corrected chi connectivity index (χ3v) is 11.0. The van der Waals surface area contributed by atoms with Crippen LogP contribution in [0.25, 0.3) is 11.1 Å². The van der Waals surface area contributed by atoms with E-state index in [4.69, 9.17) is 42.5 Å². The SMILES string of the molecule is CCC(C)OC(=O)COc1ccc(SCCCc2ccc(-c3ccc(CCCSc4ccc(OCC(=O)O)c(Cl)c4)c(C(F)(F)F)c3)cc2C(F)(F)F)cc1Cl. The van der Waals surface area contributed by atoms with Crippen LogP contribution < -0.4 is 9.47 Å². The maximum absolute atomic E-state index is 14.2. The minimum Gasteiger partial charge on any atom is -0.480 e. The van der Waals surface area contributed by atoms with Crippen molar-refractivity contribution in [2.75, 3.05) is 24.7 Å². The van der Waals surface area contributed by atoms with Gasteiger partial charge in [0.05, 0.1) is 27.3 Å². The summed E-state index contributed by atoms with van der Waals surface area (Å²) in [5.74, 6) is -0.313. The van der Waals surface area contributed by atoms with E-state index in [1.165, 1.54) is 53.9 Å². The number of benzene rings is 4. The van der Waals surface area contributed by atoms with Crippen LogP contribution in [0.4, 0.5) is 26.3 Å². The summed E-state index contributed by atoms with van der Waals surface area (Å²) in [5.41, 5.74) is -1.75. The zero-order valence-electron chi connectivity index (χ0n) is 30.2. The number of carbonyl (C=O) groups excluding carboxylic acids is 1. The molecule has 0 amide bonds. The van der Waals surface area contributed by atoms with Gasteiger partial charge in [0.15, 0.2) is 13.2 Å². The van der Waals surface area contributed by atoms with E-state index in [1.807, 2.05) is 6.92 Å². The number of aryl methyl sites for hydroxylation is 2. The zero-order chi connectivity index (χ0) is 41.0. The zero-order valence-corrected chi connectivity index (χ0v) is 33.3. The van der Waals surface area contributed by atoms with Crippen LogP contribution in [0.3, 0.4) is 0 Å². The number of alkyl halides is 6. The molecular weight excluding hydrogens is 825 g/mol. The van der Waals surface area contributed by atoms with Gasteiger partial charge in [0.2, 0.25) is 0 Å². The summed E-state index contributed by atoms with van der Waals surface area (Å²) < 4.78 is 101. The summed E-state index contributed by atoms with van der Waals surface area (Å²) in [6.45, 7) is 2.78. The minimum atomic E-state index is -4.74. The molecule has 0 saturated heterocycles.